The molecule has 2 aliphatic rings. The topological polar surface area (TPSA) is 83.1 Å². The Hall–Kier alpha value is -4.91. The minimum Gasteiger partial charge on any atom is -0.395 e. The molecular formula is C29H23F2N5O3. The summed E-state index contributed by atoms with van der Waals surface area (Å²) in [4.78, 5) is 14.8. The van der Waals surface area contributed by atoms with Crippen molar-refractivity contribution in [3.63, 3.8) is 0 Å². The molecular weight excluding hydrogens is 504 g/mol. The number of nitriles is 1. The Kier molecular flexibility index (Phi) is 5.91. The third-order valence-corrected chi connectivity index (χ3v) is 6.86. The van der Waals surface area contributed by atoms with Crippen LogP contribution >= 0.6 is 0 Å². The van der Waals surface area contributed by atoms with E-state index in [-0.39, 0.29) is 24.0 Å². The Morgan fingerprint density at radius 2 is 1.87 bits per heavy atom. The van der Waals surface area contributed by atoms with Crippen LogP contribution in [-0.2, 0) is 17.9 Å². The van der Waals surface area contributed by atoms with Gasteiger partial charge in [-0.1, -0.05) is 30.3 Å². The third-order valence-electron chi connectivity index (χ3n) is 6.86. The molecule has 0 aliphatic carbocycles. The number of para-hydroxylation sites is 1. The Balaban J connectivity index is 1.23. The van der Waals surface area contributed by atoms with Gasteiger partial charge in [0.05, 0.1) is 30.1 Å². The van der Waals surface area contributed by atoms with Crippen molar-refractivity contribution in [3.8, 4) is 17.6 Å². The maximum absolute atomic E-state index is 13.4. The molecule has 0 unspecified atom stereocenters. The summed E-state index contributed by atoms with van der Waals surface area (Å²) >= 11 is 0. The monoisotopic (exact) mass is 527 g/mol. The largest absolute Gasteiger partial charge is 0.586 e. The smallest absolute Gasteiger partial charge is 0.395 e. The summed E-state index contributed by atoms with van der Waals surface area (Å²) in [5, 5.41) is 16.5. The van der Waals surface area contributed by atoms with E-state index >= 15 is 0 Å². The highest BCUT2D eigenvalue weighted by Crippen LogP contribution is 2.43. The van der Waals surface area contributed by atoms with Gasteiger partial charge >= 0.3 is 6.29 Å². The van der Waals surface area contributed by atoms with Crippen molar-refractivity contribution in [1.82, 2.24) is 9.58 Å². The van der Waals surface area contributed by atoms with Gasteiger partial charge in [0.1, 0.15) is 6.54 Å². The lowest BCUT2D eigenvalue weighted by Gasteiger charge is -2.27. The van der Waals surface area contributed by atoms with Gasteiger partial charge < -0.3 is 18.9 Å². The summed E-state index contributed by atoms with van der Waals surface area (Å²) in [6.07, 6.45) is -1.95. The minimum atomic E-state index is -3.72. The fourth-order valence-corrected chi connectivity index (χ4v) is 5.05. The van der Waals surface area contributed by atoms with Crippen molar-refractivity contribution in [1.29, 1.82) is 5.26 Å². The van der Waals surface area contributed by atoms with Crippen LogP contribution in [0.25, 0.3) is 10.9 Å². The first kappa shape index (κ1) is 24.4. The van der Waals surface area contributed by atoms with Gasteiger partial charge in [-0.05, 0) is 42.8 Å². The van der Waals surface area contributed by atoms with Crippen LogP contribution in [0.3, 0.4) is 0 Å². The van der Waals surface area contributed by atoms with Gasteiger partial charge in [-0.15, -0.1) is 8.78 Å². The van der Waals surface area contributed by atoms with Crippen molar-refractivity contribution >= 4 is 28.7 Å². The number of rotatable bonds is 6. The van der Waals surface area contributed by atoms with E-state index in [0.717, 1.165) is 27.7 Å². The number of halogens is 2. The maximum atomic E-state index is 13.4. The molecule has 39 heavy (non-hydrogen) atoms. The number of benzene rings is 3. The van der Waals surface area contributed by atoms with Crippen LogP contribution in [0.5, 0.6) is 11.5 Å². The number of likely N-dealkylation sites (N-methyl/N-ethyl adjacent to an activating group) is 1. The number of hydrazone groups is 1. The van der Waals surface area contributed by atoms with Gasteiger partial charge in [-0.2, -0.15) is 10.4 Å². The number of alkyl halides is 2. The third kappa shape index (κ3) is 4.52. The van der Waals surface area contributed by atoms with Crippen LogP contribution in [0.2, 0.25) is 0 Å². The van der Waals surface area contributed by atoms with Gasteiger partial charge in [0.2, 0.25) is 5.91 Å². The number of aromatic nitrogens is 1. The molecule has 3 heterocycles. The number of anilines is 1. The van der Waals surface area contributed by atoms with Crippen LogP contribution in [0.15, 0.2) is 71.8 Å². The van der Waals surface area contributed by atoms with Crippen LogP contribution < -0.4 is 14.4 Å². The summed E-state index contributed by atoms with van der Waals surface area (Å²) < 4.78 is 38.1. The lowest BCUT2D eigenvalue weighted by Crippen LogP contribution is -2.39. The number of hydrogen-bond acceptors (Lipinski definition) is 6. The first-order chi connectivity index (χ1) is 18.8. The van der Waals surface area contributed by atoms with E-state index in [1.54, 1.807) is 29.4 Å². The van der Waals surface area contributed by atoms with Crippen LogP contribution in [0.4, 0.5) is 14.5 Å². The predicted molar refractivity (Wildman–Crippen MR) is 141 cm³/mol. The second-order valence-corrected chi connectivity index (χ2v) is 9.28. The maximum Gasteiger partial charge on any atom is 0.586 e. The number of hydrogen-bond donors (Lipinski definition) is 0. The molecule has 0 spiro atoms. The van der Waals surface area contributed by atoms with Gasteiger partial charge in [0.25, 0.3) is 0 Å². The standard InChI is InChI=1S/C29H23F2N5O3/c1-2-35(21-11-12-26-27(13-21)39-29(30,31)38-26)28(37)18-34-17-23-22-5-3-4-6-24(22)36(25(23)15-33-34)16-20-9-7-19(14-32)8-10-20/h3-13,15H,2,16-18H2,1H3. The molecule has 0 saturated heterocycles. The molecule has 3 aromatic carbocycles. The van der Waals surface area contributed by atoms with Crippen molar-refractivity contribution < 1.29 is 23.0 Å². The molecule has 0 saturated carbocycles. The van der Waals surface area contributed by atoms with E-state index in [4.69, 9.17) is 5.26 Å². The fourth-order valence-electron chi connectivity index (χ4n) is 5.05. The summed E-state index contributed by atoms with van der Waals surface area (Å²) in [6, 6.07) is 22.0. The van der Waals surface area contributed by atoms with E-state index in [1.165, 1.54) is 17.0 Å². The Morgan fingerprint density at radius 3 is 2.64 bits per heavy atom. The van der Waals surface area contributed by atoms with Crippen LogP contribution in [0, 0.1) is 11.3 Å². The minimum absolute atomic E-state index is 0.00348. The van der Waals surface area contributed by atoms with E-state index in [9.17, 15) is 13.6 Å². The number of carbonyl (C=O) groups is 1. The van der Waals surface area contributed by atoms with E-state index in [2.05, 4.69) is 37.3 Å². The molecule has 4 aromatic rings. The first-order valence-electron chi connectivity index (χ1n) is 12.4. The quantitative estimate of drug-likeness (QED) is 0.349. The number of nitrogens with zero attached hydrogens (tertiary/aromatic N) is 5. The average molecular weight is 528 g/mol. The molecule has 10 heteroatoms. The Labute approximate surface area is 222 Å². The molecule has 1 aromatic heterocycles. The number of carbonyl (C=O) groups excluding carboxylic acids is 1. The zero-order valence-corrected chi connectivity index (χ0v) is 21.0. The Bertz CT molecular complexity index is 1660. The van der Waals surface area contributed by atoms with Gasteiger partial charge in [0.15, 0.2) is 11.5 Å². The molecule has 2 aliphatic heterocycles. The molecule has 0 atom stereocenters. The molecule has 6 rings (SSSR count). The molecule has 0 radical (unpaired) electrons. The van der Waals surface area contributed by atoms with Gasteiger partial charge in [-0.25, -0.2) is 0 Å². The van der Waals surface area contributed by atoms with Crippen molar-refractivity contribution in [2.45, 2.75) is 26.3 Å². The second kappa shape index (κ2) is 9.44. The summed E-state index contributed by atoms with van der Waals surface area (Å²) in [7, 11) is 0. The summed E-state index contributed by atoms with van der Waals surface area (Å²) in [6.45, 7) is 3.19. The molecule has 0 N–H and O–H groups in total. The summed E-state index contributed by atoms with van der Waals surface area (Å²) in [5.41, 5.74) is 5.19. The highest BCUT2D eigenvalue weighted by atomic mass is 19.3. The molecule has 196 valence electrons. The SMILES string of the molecule is CCN(C(=O)CN1Cc2c(n(Cc3ccc(C#N)cc3)c3ccccc23)C=N1)c1ccc2c(c1)OC(F)(F)O2. The second-order valence-electron chi connectivity index (χ2n) is 9.28. The van der Waals surface area contributed by atoms with Crippen LogP contribution in [0.1, 0.15) is 29.3 Å². The normalized spacial score (nSPS) is 14.8. The predicted octanol–water partition coefficient (Wildman–Crippen LogP) is 5.09. The lowest BCUT2D eigenvalue weighted by molar-refractivity contribution is -0.286. The zero-order chi connectivity index (χ0) is 27.1. The van der Waals surface area contributed by atoms with Crippen molar-refractivity contribution in [3.05, 3.63) is 89.1 Å². The van der Waals surface area contributed by atoms with Gasteiger partial charge in [0, 0.05) is 41.3 Å². The first-order valence-corrected chi connectivity index (χ1v) is 12.4. The number of amides is 1. The van der Waals surface area contributed by atoms with E-state index in [0.29, 0.717) is 30.9 Å². The fraction of sp³-hybridized carbons (Fsp3) is 0.207. The molecule has 0 bridgehead atoms. The van der Waals surface area contributed by atoms with Crippen molar-refractivity contribution in [2.24, 2.45) is 5.10 Å². The highest BCUT2D eigenvalue weighted by Gasteiger charge is 2.43. The zero-order valence-electron chi connectivity index (χ0n) is 21.0. The number of fused-ring (bicyclic) bond motifs is 4. The molecule has 1 amide bonds. The summed E-state index contributed by atoms with van der Waals surface area (Å²) in [5.74, 6) is -0.415. The number of ether oxygens (including phenoxy) is 2. The van der Waals surface area contributed by atoms with E-state index in [1.807, 2.05) is 31.2 Å². The molecule has 0 fully saturated rings. The van der Waals surface area contributed by atoms with Gasteiger partial charge in [-0.3, -0.25) is 9.80 Å². The highest BCUT2D eigenvalue weighted by molar-refractivity contribution is 5.97. The average Bonchev–Trinajstić information content (AvgIpc) is 3.41. The Morgan fingerprint density at radius 1 is 1.10 bits per heavy atom. The van der Waals surface area contributed by atoms with Crippen molar-refractivity contribution in [2.75, 3.05) is 18.0 Å². The lowest BCUT2D eigenvalue weighted by atomic mass is 10.1. The molecule has 8 nitrogen and oxygen atoms in total. The van der Waals surface area contributed by atoms with E-state index < -0.39 is 6.29 Å². The van der Waals surface area contributed by atoms with Crippen LogP contribution in [-0.4, -0.2) is 41.1 Å².